The SMILES string of the molecule is CCCc1cnc([C@H]2C[C@@](N)(CC)N(C(=O)OCC)c3ccc(C(F)(F)F)cc32)nc1. The van der Waals surface area contributed by atoms with E-state index in [4.69, 9.17) is 10.5 Å². The van der Waals surface area contributed by atoms with E-state index in [0.29, 0.717) is 17.8 Å². The van der Waals surface area contributed by atoms with Crippen molar-refractivity contribution in [3.8, 4) is 0 Å². The highest BCUT2D eigenvalue weighted by Gasteiger charge is 2.47. The number of hydrogen-bond donors (Lipinski definition) is 1. The van der Waals surface area contributed by atoms with Gasteiger partial charge in [-0.05, 0) is 55.5 Å². The summed E-state index contributed by atoms with van der Waals surface area (Å²) in [7, 11) is 0. The van der Waals surface area contributed by atoms with Gasteiger partial charge >= 0.3 is 12.3 Å². The van der Waals surface area contributed by atoms with Crippen LogP contribution in [0.2, 0.25) is 0 Å². The van der Waals surface area contributed by atoms with Gasteiger partial charge in [-0.15, -0.1) is 0 Å². The van der Waals surface area contributed by atoms with Crippen molar-refractivity contribution in [3.63, 3.8) is 0 Å². The van der Waals surface area contributed by atoms with Crippen LogP contribution in [0.5, 0.6) is 0 Å². The van der Waals surface area contributed by atoms with Crippen molar-refractivity contribution in [2.24, 2.45) is 5.73 Å². The fourth-order valence-corrected chi connectivity index (χ4v) is 3.97. The van der Waals surface area contributed by atoms with Crippen LogP contribution < -0.4 is 10.6 Å². The number of carbonyl (C=O) groups excluding carboxylic acids is 1. The lowest BCUT2D eigenvalue weighted by atomic mass is 9.80. The van der Waals surface area contributed by atoms with Crippen LogP contribution in [0.1, 0.15) is 68.5 Å². The molecule has 1 aliphatic heterocycles. The highest BCUT2D eigenvalue weighted by molar-refractivity contribution is 5.91. The molecule has 1 amide bonds. The number of nitrogens with zero attached hydrogens (tertiary/aromatic N) is 3. The maximum Gasteiger partial charge on any atom is 0.416 e. The Kier molecular flexibility index (Phi) is 6.54. The van der Waals surface area contributed by atoms with Crippen LogP contribution in [-0.2, 0) is 17.3 Å². The average Bonchev–Trinajstić information content (AvgIpc) is 2.73. The number of alkyl halides is 3. The Bertz CT molecular complexity index is 933. The summed E-state index contributed by atoms with van der Waals surface area (Å²) in [5, 5.41) is 0. The van der Waals surface area contributed by atoms with Crippen LogP contribution in [0, 0.1) is 0 Å². The summed E-state index contributed by atoms with van der Waals surface area (Å²) < 4.78 is 45.5. The second kappa shape index (κ2) is 8.82. The molecular weight excluding hydrogens is 409 g/mol. The first-order valence-electron chi connectivity index (χ1n) is 10.4. The lowest BCUT2D eigenvalue weighted by molar-refractivity contribution is -0.137. The van der Waals surface area contributed by atoms with Crippen molar-refractivity contribution in [2.45, 2.75) is 64.2 Å². The predicted molar refractivity (Wildman–Crippen MR) is 111 cm³/mol. The molecule has 0 unspecified atom stereocenters. The summed E-state index contributed by atoms with van der Waals surface area (Å²) in [5.74, 6) is -0.212. The number of hydrogen-bond acceptors (Lipinski definition) is 5. The van der Waals surface area contributed by atoms with E-state index >= 15 is 0 Å². The first-order chi connectivity index (χ1) is 14.6. The zero-order chi connectivity index (χ0) is 22.8. The highest BCUT2D eigenvalue weighted by atomic mass is 19.4. The average molecular weight is 436 g/mol. The number of halogens is 3. The van der Waals surface area contributed by atoms with Crippen LogP contribution in [0.15, 0.2) is 30.6 Å². The van der Waals surface area contributed by atoms with E-state index in [-0.39, 0.29) is 18.7 Å². The summed E-state index contributed by atoms with van der Waals surface area (Å²) >= 11 is 0. The molecule has 2 aromatic rings. The highest BCUT2D eigenvalue weighted by Crippen LogP contribution is 2.47. The van der Waals surface area contributed by atoms with Crippen molar-refractivity contribution in [1.29, 1.82) is 0 Å². The van der Waals surface area contributed by atoms with Crippen molar-refractivity contribution in [3.05, 3.63) is 53.1 Å². The third-order valence-corrected chi connectivity index (χ3v) is 5.61. The van der Waals surface area contributed by atoms with Gasteiger partial charge in [-0.3, -0.25) is 4.90 Å². The molecule has 1 aromatic heterocycles. The quantitative estimate of drug-likeness (QED) is 0.712. The van der Waals surface area contributed by atoms with E-state index in [2.05, 4.69) is 9.97 Å². The van der Waals surface area contributed by atoms with Crippen LogP contribution in [-0.4, -0.2) is 28.3 Å². The van der Waals surface area contributed by atoms with E-state index in [0.717, 1.165) is 30.5 Å². The minimum atomic E-state index is -4.53. The molecule has 0 radical (unpaired) electrons. The van der Waals surface area contributed by atoms with E-state index in [1.165, 1.54) is 11.0 Å². The Labute approximate surface area is 179 Å². The van der Waals surface area contributed by atoms with E-state index in [1.807, 2.05) is 13.8 Å². The van der Waals surface area contributed by atoms with Gasteiger partial charge in [-0.1, -0.05) is 20.3 Å². The largest absolute Gasteiger partial charge is 0.449 e. The summed E-state index contributed by atoms with van der Waals surface area (Å²) in [5.41, 5.74) is 6.21. The molecule has 3 rings (SSSR count). The number of aryl methyl sites for hydroxylation is 1. The van der Waals surface area contributed by atoms with Gasteiger partial charge in [0.25, 0.3) is 0 Å². The Morgan fingerprint density at radius 2 is 1.94 bits per heavy atom. The minimum Gasteiger partial charge on any atom is -0.449 e. The Hall–Kier alpha value is -2.68. The maximum atomic E-state index is 13.5. The number of aromatic nitrogens is 2. The second-order valence-electron chi connectivity index (χ2n) is 7.72. The van der Waals surface area contributed by atoms with E-state index in [1.54, 1.807) is 19.3 Å². The molecule has 1 aliphatic rings. The van der Waals surface area contributed by atoms with Crippen LogP contribution in [0.25, 0.3) is 0 Å². The summed E-state index contributed by atoms with van der Waals surface area (Å²) in [6, 6.07) is 3.30. The van der Waals surface area contributed by atoms with E-state index < -0.39 is 29.4 Å². The molecule has 2 N–H and O–H groups in total. The van der Waals surface area contributed by atoms with Gasteiger partial charge in [0, 0.05) is 18.3 Å². The Balaban J connectivity index is 2.18. The van der Waals surface area contributed by atoms with Crippen molar-refractivity contribution >= 4 is 11.8 Å². The number of anilines is 1. The third kappa shape index (κ3) is 4.51. The van der Waals surface area contributed by atoms with Gasteiger partial charge in [-0.25, -0.2) is 14.8 Å². The normalized spacial score (nSPS) is 21.0. The fourth-order valence-electron chi connectivity index (χ4n) is 3.97. The molecule has 2 heterocycles. The molecule has 0 saturated heterocycles. The van der Waals surface area contributed by atoms with Crippen molar-refractivity contribution in [2.75, 3.05) is 11.5 Å². The Morgan fingerprint density at radius 3 is 2.48 bits per heavy atom. The summed E-state index contributed by atoms with van der Waals surface area (Å²) in [6.07, 6.45) is 0.460. The molecule has 0 aliphatic carbocycles. The number of fused-ring (bicyclic) bond motifs is 1. The number of amides is 1. The van der Waals surface area contributed by atoms with Crippen LogP contribution in [0.4, 0.5) is 23.7 Å². The number of carbonyl (C=O) groups is 1. The molecular formula is C22H27F3N4O2. The predicted octanol–water partition coefficient (Wildman–Crippen LogP) is 5.01. The molecule has 0 fully saturated rings. The van der Waals surface area contributed by atoms with Crippen LogP contribution >= 0.6 is 0 Å². The third-order valence-electron chi connectivity index (χ3n) is 5.61. The Morgan fingerprint density at radius 1 is 1.26 bits per heavy atom. The molecule has 6 nitrogen and oxygen atoms in total. The molecule has 0 bridgehead atoms. The molecule has 0 spiro atoms. The molecule has 31 heavy (non-hydrogen) atoms. The maximum absolute atomic E-state index is 13.5. The monoisotopic (exact) mass is 436 g/mol. The molecule has 0 saturated carbocycles. The lowest BCUT2D eigenvalue weighted by Crippen LogP contribution is -2.61. The zero-order valence-electron chi connectivity index (χ0n) is 17.9. The zero-order valence-corrected chi connectivity index (χ0v) is 17.9. The number of rotatable bonds is 5. The lowest BCUT2D eigenvalue weighted by Gasteiger charge is -2.46. The van der Waals surface area contributed by atoms with E-state index in [9.17, 15) is 18.0 Å². The van der Waals surface area contributed by atoms with Gasteiger partial charge in [-0.2, -0.15) is 13.2 Å². The number of nitrogens with two attached hydrogens (primary N) is 1. The molecule has 168 valence electrons. The van der Waals surface area contributed by atoms with Gasteiger partial charge < -0.3 is 10.5 Å². The summed E-state index contributed by atoms with van der Waals surface area (Å²) in [4.78, 5) is 22.9. The first-order valence-corrected chi connectivity index (χ1v) is 10.4. The number of benzene rings is 1. The molecule has 2 atom stereocenters. The summed E-state index contributed by atoms with van der Waals surface area (Å²) in [6.45, 7) is 5.65. The van der Waals surface area contributed by atoms with Crippen LogP contribution in [0.3, 0.4) is 0 Å². The van der Waals surface area contributed by atoms with Gasteiger partial charge in [0.2, 0.25) is 0 Å². The van der Waals surface area contributed by atoms with Gasteiger partial charge in [0.15, 0.2) is 0 Å². The first kappa shape index (κ1) is 23.0. The van der Waals surface area contributed by atoms with Gasteiger partial charge in [0.05, 0.1) is 17.9 Å². The minimum absolute atomic E-state index is 0.122. The molecule has 1 aromatic carbocycles. The van der Waals surface area contributed by atoms with Gasteiger partial charge in [0.1, 0.15) is 11.5 Å². The van der Waals surface area contributed by atoms with Crippen molar-refractivity contribution in [1.82, 2.24) is 9.97 Å². The standard InChI is InChI=1S/C22H27F3N4O2/c1-4-7-14-12-27-19(28-13-14)17-11-21(26,5-2)29(20(30)31-6-3)18-9-8-15(10-16(17)18)22(23,24)25/h8-10,12-13,17H,4-7,11,26H2,1-3H3/t17-,21+/m0/s1. The fraction of sp³-hybridized carbons (Fsp3) is 0.500. The number of ether oxygens (including phenoxy) is 1. The molecule has 9 heteroatoms. The topological polar surface area (TPSA) is 81.3 Å². The van der Waals surface area contributed by atoms with Crippen molar-refractivity contribution < 1.29 is 22.7 Å². The smallest absolute Gasteiger partial charge is 0.416 e. The second-order valence-corrected chi connectivity index (χ2v) is 7.72.